The molecule has 0 radical (unpaired) electrons. The molecule has 2 heterocycles. The highest BCUT2D eigenvalue weighted by molar-refractivity contribution is 6.16. The Morgan fingerprint density at radius 2 is 1.69 bits per heavy atom. The number of nitrogens with zero attached hydrogens (tertiary/aromatic N) is 2. The van der Waals surface area contributed by atoms with Gasteiger partial charge in [0.1, 0.15) is 5.58 Å². The van der Waals surface area contributed by atoms with E-state index >= 15 is 0 Å². The maximum Gasteiger partial charge on any atom is 0.290 e. The van der Waals surface area contributed by atoms with Crippen LogP contribution in [0, 0.1) is 10.1 Å². The molecule has 4 aromatic rings. The molecule has 0 spiro atoms. The second-order valence-corrected chi connectivity index (χ2v) is 8.23. The number of para-hydroxylation sites is 1. The van der Waals surface area contributed by atoms with E-state index in [1.807, 2.05) is 36.4 Å². The first kappa shape index (κ1) is 22.1. The number of hydrogen-bond donors (Lipinski definition) is 1. The Bertz CT molecular complexity index is 1440. The third-order valence-electron chi connectivity index (χ3n) is 6.10. The summed E-state index contributed by atoms with van der Waals surface area (Å²) in [7, 11) is 0. The summed E-state index contributed by atoms with van der Waals surface area (Å²) < 4.78 is 5.71. The van der Waals surface area contributed by atoms with Gasteiger partial charge in [-0.2, -0.15) is 0 Å². The number of aliphatic hydroxyl groups is 1. The largest absolute Gasteiger partial charge is 0.503 e. The van der Waals surface area contributed by atoms with Crippen molar-refractivity contribution in [3.8, 4) is 0 Å². The summed E-state index contributed by atoms with van der Waals surface area (Å²) in [4.78, 5) is 38.7. The molecule has 3 aromatic carbocycles. The maximum atomic E-state index is 13.6. The van der Waals surface area contributed by atoms with Crippen molar-refractivity contribution < 1.29 is 24.0 Å². The van der Waals surface area contributed by atoms with Gasteiger partial charge in [-0.25, -0.2) is 0 Å². The number of carbonyl (C=O) groups excluding carboxylic acids is 2. The van der Waals surface area contributed by atoms with Crippen molar-refractivity contribution in [3.63, 3.8) is 0 Å². The van der Waals surface area contributed by atoms with E-state index in [1.54, 1.807) is 24.3 Å². The Labute approximate surface area is 199 Å². The number of Topliss-reactive ketones (excluding diaryl/α,β-unsaturated/α-hetero) is 1. The summed E-state index contributed by atoms with van der Waals surface area (Å²) in [6.45, 7) is 0.228. The monoisotopic (exact) mass is 468 g/mol. The number of hydrogen-bond acceptors (Lipinski definition) is 6. The van der Waals surface area contributed by atoms with E-state index in [-0.39, 0.29) is 23.6 Å². The number of aliphatic hydroxyl groups excluding tert-OH is 1. The Morgan fingerprint density at radius 1 is 1.00 bits per heavy atom. The second-order valence-electron chi connectivity index (χ2n) is 8.23. The molecule has 1 atom stereocenters. The lowest BCUT2D eigenvalue weighted by Gasteiger charge is -2.26. The van der Waals surface area contributed by atoms with Crippen molar-refractivity contribution in [1.82, 2.24) is 4.90 Å². The van der Waals surface area contributed by atoms with Gasteiger partial charge in [-0.15, -0.1) is 0 Å². The lowest BCUT2D eigenvalue weighted by Crippen LogP contribution is -2.33. The number of rotatable bonds is 7. The quantitative estimate of drug-likeness (QED) is 0.228. The third-order valence-corrected chi connectivity index (χ3v) is 6.10. The molecule has 0 aliphatic carbocycles. The summed E-state index contributed by atoms with van der Waals surface area (Å²) >= 11 is 0. The molecule has 5 rings (SSSR count). The van der Waals surface area contributed by atoms with Crippen LogP contribution in [0.5, 0.6) is 0 Å². The molecule has 0 fully saturated rings. The van der Waals surface area contributed by atoms with Gasteiger partial charge in [0.25, 0.3) is 11.6 Å². The van der Waals surface area contributed by atoms with E-state index in [2.05, 4.69) is 0 Å². The van der Waals surface area contributed by atoms with Crippen molar-refractivity contribution in [1.29, 1.82) is 0 Å². The first-order valence-corrected chi connectivity index (χ1v) is 11.0. The van der Waals surface area contributed by atoms with Gasteiger partial charge in [-0.05, 0) is 41.8 Å². The molecule has 0 unspecified atom stereocenters. The van der Waals surface area contributed by atoms with Crippen LogP contribution in [0.4, 0.5) is 5.69 Å². The van der Waals surface area contributed by atoms with E-state index in [0.717, 1.165) is 5.56 Å². The van der Waals surface area contributed by atoms with E-state index < -0.39 is 28.4 Å². The molecule has 1 amide bonds. The first-order valence-electron chi connectivity index (χ1n) is 11.0. The molecule has 0 saturated heterocycles. The highest BCUT2D eigenvalue weighted by Crippen LogP contribution is 2.40. The minimum absolute atomic E-state index is 0.00243. The van der Waals surface area contributed by atoms with Gasteiger partial charge in [-0.1, -0.05) is 48.5 Å². The Morgan fingerprint density at radius 3 is 2.37 bits per heavy atom. The smallest absolute Gasteiger partial charge is 0.290 e. The molecule has 35 heavy (non-hydrogen) atoms. The fraction of sp³-hybridized carbons (Fsp3) is 0.111. The molecule has 1 N–H and O–H groups in total. The Kier molecular flexibility index (Phi) is 5.62. The summed E-state index contributed by atoms with van der Waals surface area (Å²) in [5, 5.41) is 22.7. The van der Waals surface area contributed by atoms with E-state index in [0.29, 0.717) is 23.0 Å². The van der Waals surface area contributed by atoms with Gasteiger partial charge in [0.2, 0.25) is 5.78 Å². The summed E-state index contributed by atoms with van der Waals surface area (Å²) in [5.41, 5.74) is 1.73. The van der Waals surface area contributed by atoms with Crippen LogP contribution < -0.4 is 0 Å². The molecule has 8 heteroatoms. The molecular formula is C27H20N2O6. The fourth-order valence-electron chi connectivity index (χ4n) is 4.36. The number of nitro benzene ring substituents is 1. The van der Waals surface area contributed by atoms with Crippen LogP contribution in [0.1, 0.15) is 27.7 Å². The van der Waals surface area contributed by atoms with Gasteiger partial charge >= 0.3 is 0 Å². The number of amides is 1. The van der Waals surface area contributed by atoms with Crippen molar-refractivity contribution in [2.45, 2.75) is 12.5 Å². The van der Waals surface area contributed by atoms with Crippen LogP contribution in [0.15, 0.2) is 101 Å². The summed E-state index contributed by atoms with van der Waals surface area (Å²) in [5.74, 6) is -1.94. The van der Waals surface area contributed by atoms with Crippen molar-refractivity contribution in [2.75, 3.05) is 6.54 Å². The van der Waals surface area contributed by atoms with Gasteiger partial charge in [0.15, 0.2) is 11.5 Å². The number of benzene rings is 3. The van der Waals surface area contributed by atoms with Crippen molar-refractivity contribution in [2.24, 2.45) is 0 Å². The predicted octanol–water partition coefficient (Wildman–Crippen LogP) is 5.16. The van der Waals surface area contributed by atoms with Crippen LogP contribution >= 0.6 is 0 Å². The van der Waals surface area contributed by atoms with Gasteiger partial charge in [-0.3, -0.25) is 19.7 Å². The fourth-order valence-corrected chi connectivity index (χ4v) is 4.36. The lowest BCUT2D eigenvalue weighted by atomic mass is 9.94. The number of ketones is 1. The van der Waals surface area contributed by atoms with Gasteiger partial charge < -0.3 is 14.4 Å². The second kappa shape index (κ2) is 8.90. The van der Waals surface area contributed by atoms with Crippen LogP contribution in [-0.4, -0.2) is 33.2 Å². The number of furan rings is 1. The third kappa shape index (κ3) is 4.06. The number of fused-ring (bicyclic) bond motifs is 1. The van der Waals surface area contributed by atoms with Crippen molar-refractivity contribution >= 4 is 28.3 Å². The topological polar surface area (TPSA) is 114 Å². The molecule has 174 valence electrons. The summed E-state index contributed by atoms with van der Waals surface area (Å²) in [6, 6.07) is 22.9. The molecule has 1 aromatic heterocycles. The van der Waals surface area contributed by atoms with E-state index in [1.165, 1.54) is 29.2 Å². The van der Waals surface area contributed by atoms with Crippen LogP contribution in [0.2, 0.25) is 0 Å². The van der Waals surface area contributed by atoms with Gasteiger partial charge in [0, 0.05) is 24.1 Å². The lowest BCUT2D eigenvalue weighted by molar-refractivity contribution is -0.384. The van der Waals surface area contributed by atoms with Crippen molar-refractivity contribution in [3.05, 3.63) is 123 Å². The normalized spacial score (nSPS) is 15.7. The molecule has 1 aliphatic rings. The minimum atomic E-state index is -0.923. The summed E-state index contributed by atoms with van der Waals surface area (Å²) in [6.07, 6.45) is 0.495. The molecule has 0 saturated carbocycles. The molecule has 1 aliphatic heterocycles. The number of carbonyl (C=O) groups is 2. The first-order chi connectivity index (χ1) is 16.9. The van der Waals surface area contributed by atoms with Gasteiger partial charge in [0.05, 0.1) is 16.5 Å². The molecule has 0 bridgehead atoms. The predicted molar refractivity (Wildman–Crippen MR) is 128 cm³/mol. The number of nitro groups is 1. The van der Waals surface area contributed by atoms with E-state index in [4.69, 9.17) is 4.42 Å². The standard InChI is InChI=1S/C27H20N2O6/c30-25(22-16-19-8-4-5-9-21(19)35-22)23-24(18-10-12-20(13-11-18)29(33)34)28(27(32)26(23)31)15-14-17-6-2-1-3-7-17/h1-13,16,24,31H,14-15H2/t24-/m1/s1. The van der Waals surface area contributed by atoms with E-state index in [9.17, 15) is 24.8 Å². The Balaban J connectivity index is 1.55. The zero-order chi connectivity index (χ0) is 24.5. The average molecular weight is 468 g/mol. The molecular weight excluding hydrogens is 448 g/mol. The maximum absolute atomic E-state index is 13.6. The highest BCUT2D eigenvalue weighted by atomic mass is 16.6. The zero-order valence-corrected chi connectivity index (χ0v) is 18.5. The van der Waals surface area contributed by atoms with Crippen LogP contribution in [-0.2, 0) is 11.2 Å². The average Bonchev–Trinajstić information content (AvgIpc) is 3.42. The molecule has 8 nitrogen and oxygen atoms in total. The van der Waals surface area contributed by atoms with Crippen LogP contribution in [0.3, 0.4) is 0 Å². The number of non-ortho nitro benzene ring substituents is 1. The SMILES string of the molecule is O=C(C1=C(O)C(=O)N(CCc2ccccc2)[C@@H]1c1ccc([N+](=O)[O-])cc1)c1cc2ccccc2o1. The minimum Gasteiger partial charge on any atom is -0.503 e. The zero-order valence-electron chi connectivity index (χ0n) is 18.5. The highest BCUT2D eigenvalue weighted by Gasteiger charge is 2.44. The Hall–Kier alpha value is -4.72. The van der Waals surface area contributed by atoms with Crippen LogP contribution in [0.25, 0.3) is 11.0 Å².